The number of aryl methyl sites for hydroxylation is 4. The monoisotopic (exact) mass is 499 g/mol. The zero-order chi connectivity index (χ0) is 25.6. The number of fused-ring (bicyclic) bond motifs is 1. The molecule has 1 spiro atoms. The highest BCUT2D eigenvalue weighted by Crippen LogP contribution is 2.55. The van der Waals surface area contributed by atoms with Gasteiger partial charge in [0.1, 0.15) is 5.82 Å². The van der Waals surface area contributed by atoms with Crippen molar-refractivity contribution in [1.29, 1.82) is 0 Å². The highest BCUT2D eigenvalue weighted by molar-refractivity contribution is 5.68. The van der Waals surface area contributed by atoms with E-state index >= 15 is 0 Å². The summed E-state index contributed by atoms with van der Waals surface area (Å²) < 4.78 is 1.94. The number of aromatic nitrogens is 3. The highest BCUT2D eigenvalue weighted by Gasteiger charge is 2.53. The van der Waals surface area contributed by atoms with Gasteiger partial charge in [-0.1, -0.05) is 18.2 Å². The van der Waals surface area contributed by atoms with Gasteiger partial charge in [-0.15, -0.1) is 0 Å². The van der Waals surface area contributed by atoms with Crippen LogP contribution in [0.1, 0.15) is 66.2 Å². The zero-order valence-corrected chi connectivity index (χ0v) is 21.9. The molecule has 0 amide bonds. The lowest BCUT2D eigenvalue weighted by atomic mass is 9.56. The van der Waals surface area contributed by atoms with Crippen LogP contribution >= 0.6 is 0 Å². The first-order chi connectivity index (χ1) is 17.9. The zero-order valence-electron chi connectivity index (χ0n) is 21.9. The summed E-state index contributed by atoms with van der Waals surface area (Å²) in [5, 5.41) is 17.7. The summed E-state index contributed by atoms with van der Waals surface area (Å²) in [5.41, 5.74) is 7.23. The molecule has 37 heavy (non-hydrogen) atoms. The first-order valence-corrected chi connectivity index (χ1v) is 13.7. The van der Waals surface area contributed by atoms with E-state index in [1.165, 1.54) is 36.8 Å². The maximum atomic E-state index is 11.8. The van der Waals surface area contributed by atoms with Crippen molar-refractivity contribution in [2.75, 3.05) is 25.0 Å². The summed E-state index contributed by atoms with van der Waals surface area (Å²) in [6, 6.07) is 12.6. The van der Waals surface area contributed by atoms with E-state index < -0.39 is 5.97 Å². The average molecular weight is 500 g/mol. The summed E-state index contributed by atoms with van der Waals surface area (Å²) in [6.45, 7) is 7.07. The molecule has 2 aromatic heterocycles. The third kappa shape index (κ3) is 4.89. The molecule has 3 aromatic rings. The van der Waals surface area contributed by atoms with E-state index in [2.05, 4.69) is 44.6 Å². The predicted octanol–water partition coefficient (Wildman–Crippen LogP) is 5.10. The van der Waals surface area contributed by atoms with Gasteiger partial charge in [-0.05, 0) is 98.6 Å². The molecule has 1 atom stereocenters. The summed E-state index contributed by atoms with van der Waals surface area (Å²) in [6.07, 6.45) is 9.34. The molecule has 2 aliphatic heterocycles. The third-order valence-electron chi connectivity index (χ3n) is 8.62. The second kappa shape index (κ2) is 9.60. The summed E-state index contributed by atoms with van der Waals surface area (Å²) in [7, 11) is 0. The van der Waals surface area contributed by atoms with Crippen LogP contribution < -0.4 is 5.32 Å². The minimum atomic E-state index is -0.747. The first-order valence-electron chi connectivity index (χ1n) is 13.7. The molecule has 4 heterocycles. The van der Waals surface area contributed by atoms with Gasteiger partial charge in [0, 0.05) is 37.6 Å². The van der Waals surface area contributed by atoms with E-state index in [-0.39, 0.29) is 12.5 Å². The SMILES string of the molecule is Cc1cc(C)n(-c2cccc(C(CC(=O)O)N3CC4(CC(CCc5cnc6c(c5)CCCN6)C4)C3)c2)n1. The van der Waals surface area contributed by atoms with Crippen LogP contribution in [0.15, 0.2) is 42.6 Å². The highest BCUT2D eigenvalue weighted by atomic mass is 16.4. The second-order valence-electron chi connectivity index (χ2n) is 11.6. The molecular weight excluding hydrogens is 462 g/mol. The van der Waals surface area contributed by atoms with Gasteiger partial charge in [-0.2, -0.15) is 5.10 Å². The minimum absolute atomic E-state index is 0.103. The van der Waals surface area contributed by atoms with Gasteiger partial charge in [0.2, 0.25) is 0 Å². The predicted molar refractivity (Wildman–Crippen MR) is 144 cm³/mol. The van der Waals surface area contributed by atoms with Gasteiger partial charge in [-0.3, -0.25) is 9.69 Å². The number of benzene rings is 1. The summed E-state index contributed by atoms with van der Waals surface area (Å²) in [5.74, 6) is 1.09. The molecular formula is C30H37N5O2. The summed E-state index contributed by atoms with van der Waals surface area (Å²) in [4.78, 5) is 18.8. The van der Waals surface area contributed by atoms with Crippen molar-refractivity contribution in [3.8, 4) is 5.69 Å². The molecule has 1 unspecified atom stereocenters. The normalized spacial score (nSPS) is 19.5. The van der Waals surface area contributed by atoms with Crippen LogP contribution in [0, 0.1) is 25.2 Å². The lowest BCUT2D eigenvalue weighted by Crippen LogP contribution is -2.63. The van der Waals surface area contributed by atoms with Crippen LogP contribution in [0.4, 0.5) is 5.82 Å². The molecule has 2 fully saturated rings. The molecule has 7 nitrogen and oxygen atoms in total. The fraction of sp³-hybridized carbons (Fsp3) is 0.500. The number of rotatable bonds is 8. The molecule has 1 saturated heterocycles. The Hall–Kier alpha value is -3.19. The van der Waals surface area contributed by atoms with Crippen molar-refractivity contribution in [3.63, 3.8) is 0 Å². The lowest BCUT2D eigenvalue weighted by Gasteiger charge is -2.61. The average Bonchev–Trinajstić information content (AvgIpc) is 3.18. The quantitative estimate of drug-likeness (QED) is 0.449. The maximum Gasteiger partial charge on any atom is 0.305 e. The van der Waals surface area contributed by atoms with Crippen molar-refractivity contribution < 1.29 is 9.90 Å². The fourth-order valence-corrected chi connectivity index (χ4v) is 6.94. The molecule has 3 aliphatic rings. The first kappa shape index (κ1) is 24.2. The van der Waals surface area contributed by atoms with Crippen LogP contribution in [-0.4, -0.2) is 50.4 Å². The molecule has 1 aliphatic carbocycles. The standard InChI is InChI=1S/C30H37N5O2/c1-20-11-21(2)35(33-20)26-7-3-5-24(13-26)27(14-28(36)37)34-18-30(19-34)15-23(16-30)9-8-22-12-25-6-4-10-31-29(25)32-17-22/h3,5,7,11-13,17,23,27H,4,6,8-10,14-16,18-19H2,1-2H3,(H,31,32)(H,36,37). The van der Waals surface area contributed by atoms with Crippen LogP contribution in [0.5, 0.6) is 0 Å². The number of anilines is 1. The Morgan fingerprint density at radius 2 is 2.05 bits per heavy atom. The van der Waals surface area contributed by atoms with Crippen molar-refractivity contribution in [2.24, 2.45) is 11.3 Å². The van der Waals surface area contributed by atoms with Gasteiger partial charge >= 0.3 is 5.97 Å². The number of hydrogen-bond donors (Lipinski definition) is 2. The van der Waals surface area contributed by atoms with Gasteiger partial charge < -0.3 is 10.4 Å². The molecule has 1 aromatic carbocycles. The number of carbonyl (C=O) groups is 1. The topological polar surface area (TPSA) is 83.3 Å². The Kier molecular flexibility index (Phi) is 6.27. The van der Waals surface area contributed by atoms with Gasteiger partial charge in [0.15, 0.2) is 0 Å². The van der Waals surface area contributed by atoms with Gasteiger partial charge in [0.25, 0.3) is 0 Å². The Labute approximate surface area is 218 Å². The van der Waals surface area contributed by atoms with Gasteiger partial charge in [0.05, 0.1) is 17.8 Å². The Balaban J connectivity index is 1.07. The van der Waals surface area contributed by atoms with E-state index in [0.717, 1.165) is 66.9 Å². The number of likely N-dealkylation sites (tertiary alicyclic amines) is 1. The number of nitrogens with zero attached hydrogens (tertiary/aromatic N) is 4. The third-order valence-corrected chi connectivity index (χ3v) is 8.62. The van der Waals surface area contributed by atoms with E-state index in [1.54, 1.807) is 0 Å². The number of pyridine rings is 1. The van der Waals surface area contributed by atoms with E-state index in [0.29, 0.717) is 5.41 Å². The summed E-state index contributed by atoms with van der Waals surface area (Å²) >= 11 is 0. The van der Waals surface area contributed by atoms with Crippen molar-refractivity contribution in [1.82, 2.24) is 19.7 Å². The fourth-order valence-electron chi connectivity index (χ4n) is 6.94. The lowest BCUT2D eigenvalue weighted by molar-refractivity contribution is -0.145. The molecule has 194 valence electrons. The van der Waals surface area contributed by atoms with E-state index in [4.69, 9.17) is 0 Å². The Morgan fingerprint density at radius 1 is 1.22 bits per heavy atom. The van der Waals surface area contributed by atoms with Crippen LogP contribution in [0.3, 0.4) is 0 Å². The Morgan fingerprint density at radius 3 is 2.81 bits per heavy atom. The second-order valence-corrected chi connectivity index (χ2v) is 11.6. The number of aliphatic carboxylic acids is 1. The molecule has 0 bridgehead atoms. The molecule has 2 N–H and O–H groups in total. The van der Waals surface area contributed by atoms with Crippen molar-refractivity contribution in [2.45, 2.75) is 64.8 Å². The maximum absolute atomic E-state index is 11.8. The molecule has 6 rings (SSSR count). The van der Waals surface area contributed by atoms with Crippen LogP contribution in [0.2, 0.25) is 0 Å². The molecule has 7 heteroatoms. The van der Waals surface area contributed by atoms with Crippen molar-refractivity contribution in [3.05, 3.63) is 70.7 Å². The van der Waals surface area contributed by atoms with Crippen molar-refractivity contribution >= 4 is 11.8 Å². The molecule has 1 saturated carbocycles. The smallest absolute Gasteiger partial charge is 0.305 e. The number of hydrogen-bond acceptors (Lipinski definition) is 5. The largest absolute Gasteiger partial charge is 0.481 e. The Bertz CT molecular complexity index is 1300. The van der Waals surface area contributed by atoms with Gasteiger partial charge in [-0.25, -0.2) is 9.67 Å². The van der Waals surface area contributed by atoms with Crippen LogP contribution in [0.25, 0.3) is 5.69 Å². The van der Waals surface area contributed by atoms with Crippen LogP contribution in [-0.2, 0) is 17.6 Å². The minimum Gasteiger partial charge on any atom is -0.481 e. The number of carboxylic acid groups (broad SMARTS) is 1. The number of carboxylic acids is 1. The molecule has 0 radical (unpaired) electrons. The van der Waals surface area contributed by atoms with E-state index in [1.807, 2.05) is 36.9 Å². The number of nitrogens with one attached hydrogen (secondary N) is 1. The van der Waals surface area contributed by atoms with E-state index in [9.17, 15) is 9.90 Å².